The lowest BCUT2D eigenvalue weighted by molar-refractivity contribution is -0.129. The minimum atomic E-state index is -0.120. The number of carbonyl (C=O) groups is 2. The Balaban J connectivity index is 1.57. The molecule has 1 aromatic carbocycles. The number of thioether (sulfide) groups is 2. The molecule has 26 heavy (non-hydrogen) atoms. The summed E-state index contributed by atoms with van der Waals surface area (Å²) in [7, 11) is 0. The fourth-order valence-electron chi connectivity index (χ4n) is 2.99. The van der Waals surface area contributed by atoms with Gasteiger partial charge in [-0.25, -0.2) is 9.97 Å². The molecule has 7 heteroatoms. The van der Waals surface area contributed by atoms with Crippen LogP contribution in [-0.2, 0) is 4.79 Å². The summed E-state index contributed by atoms with van der Waals surface area (Å²) in [6, 6.07) is 9.47. The van der Waals surface area contributed by atoms with Gasteiger partial charge in [0.05, 0.1) is 5.75 Å². The summed E-state index contributed by atoms with van der Waals surface area (Å²) in [5.41, 5.74) is 0.731. The Labute approximate surface area is 162 Å². The molecule has 136 valence electrons. The molecule has 1 atom stereocenters. The zero-order chi connectivity index (χ0) is 18.4. The van der Waals surface area contributed by atoms with Crippen molar-refractivity contribution < 1.29 is 9.59 Å². The lowest BCUT2D eigenvalue weighted by Crippen LogP contribution is -2.43. The highest BCUT2D eigenvalue weighted by molar-refractivity contribution is 7.99. The summed E-state index contributed by atoms with van der Waals surface area (Å²) >= 11 is 2.99. The van der Waals surface area contributed by atoms with E-state index in [0.29, 0.717) is 24.0 Å². The van der Waals surface area contributed by atoms with Crippen LogP contribution in [0.4, 0.5) is 0 Å². The van der Waals surface area contributed by atoms with Gasteiger partial charge >= 0.3 is 0 Å². The van der Waals surface area contributed by atoms with Gasteiger partial charge in [0.2, 0.25) is 5.91 Å². The number of carbonyl (C=O) groups excluding carboxylic acids is 2. The second-order valence-corrected chi connectivity index (χ2v) is 7.91. The number of nitrogens with zero attached hydrogens (tertiary/aromatic N) is 3. The van der Waals surface area contributed by atoms with Crippen LogP contribution in [0.1, 0.15) is 23.2 Å². The predicted molar refractivity (Wildman–Crippen MR) is 105 cm³/mol. The van der Waals surface area contributed by atoms with Crippen molar-refractivity contribution in [3.05, 3.63) is 48.3 Å². The Morgan fingerprint density at radius 3 is 2.62 bits per heavy atom. The van der Waals surface area contributed by atoms with E-state index >= 15 is 0 Å². The molecular formula is C19H21N3O2S2. The molecule has 1 aromatic heterocycles. The lowest BCUT2D eigenvalue weighted by Gasteiger charge is -2.32. The van der Waals surface area contributed by atoms with Crippen LogP contribution in [0, 0.1) is 5.92 Å². The number of rotatable bonds is 6. The van der Waals surface area contributed by atoms with Crippen LogP contribution in [0.15, 0.2) is 52.8 Å². The van der Waals surface area contributed by atoms with Crippen LogP contribution in [-0.4, -0.2) is 51.7 Å². The molecule has 2 heterocycles. The summed E-state index contributed by atoms with van der Waals surface area (Å²) < 4.78 is 0. The van der Waals surface area contributed by atoms with Crippen LogP contribution in [0.3, 0.4) is 0 Å². The molecule has 0 aliphatic carbocycles. The van der Waals surface area contributed by atoms with Crippen molar-refractivity contribution in [1.82, 2.24) is 14.9 Å². The highest BCUT2D eigenvalue weighted by Gasteiger charge is 2.29. The number of piperidine rings is 1. The third-order valence-corrected chi connectivity index (χ3v) is 5.99. The summed E-state index contributed by atoms with van der Waals surface area (Å²) in [5, 5.41) is 0.597. The average Bonchev–Trinajstić information content (AvgIpc) is 2.72. The van der Waals surface area contributed by atoms with Crippen LogP contribution >= 0.6 is 23.5 Å². The lowest BCUT2D eigenvalue weighted by atomic mass is 9.90. The molecule has 3 rings (SSSR count). The zero-order valence-electron chi connectivity index (χ0n) is 14.6. The minimum Gasteiger partial charge on any atom is -0.341 e. The van der Waals surface area contributed by atoms with E-state index in [9.17, 15) is 9.59 Å². The topological polar surface area (TPSA) is 63.2 Å². The average molecular weight is 388 g/mol. The summed E-state index contributed by atoms with van der Waals surface area (Å²) in [4.78, 5) is 36.5. The smallest absolute Gasteiger partial charge is 0.233 e. The van der Waals surface area contributed by atoms with Gasteiger partial charge < -0.3 is 4.90 Å². The summed E-state index contributed by atoms with van der Waals surface area (Å²) in [6.07, 6.45) is 7.04. The van der Waals surface area contributed by atoms with Gasteiger partial charge in [0.15, 0.2) is 10.9 Å². The predicted octanol–water partition coefficient (Wildman–Crippen LogP) is 3.41. The Hall–Kier alpha value is -1.86. The molecule has 1 amide bonds. The first kappa shape index (κ1) is 18.9. The van der Waals surface area contributed by atoms with Gasteiger partial charge in [0.1, 0.15) is 0 Å². The van der Waals surface area contributed by atoms with Crippen LogP contribution < -0.4 is 0 Å². The molecule has 1 saturated heterocycles. The fraction of sp³-hybridized carbons (Fsp3) is 0.368. The van der Waals surface area contributed by atoms with E-state index in [4.69, 9.17) is 0 Å². The summed E-state index contributed by atoms with van der Waals surface area (Å²) in [5.74, 6) is 0.352. The Morgan fingerprint density at radius 1 is 1.19 bits per heavy atom. The molecule has 0 bridgehead atoms. The number of aromatic nitrogens is 2. The van der Waals surface area contributed by atoms with E-state index in [-0.39, 0.29) is 17.6 Å². The second-order valence-electron chi connectivity index (χ2n) is 6.09. The monoisotopic (exact) mass is 387 g/mol. The van der Waals surface area contributed by atoms with Gasteiger partial charge in [-0.05, 0) is 37.3 Å². The largest absolute Gasteiger partial charge is 0.341 e. The number of hydrogen-bond donors (Lipinski definition) is 0. The van der Waals surface area contributed by atoms with E-state index in [0.717, 1.165) is 23.3 Å². The molecule has 1 fully saturated rings. The molecule has 0 saturated carbocycles. The third kappa shape index (κ3) is 4.86. The Kier molecular flexibility index (Phi) is 6.68. The molecule has 1 aliphatic rings. The normalized spacial score (nSPS) is 17.1. The molecule has 0 radical (unpaired) electrons. The maximum Gasteiger partial charge on any atom is 0.233 e. The first-order chi connectivity index (χ1) is 12.7. The maximum absolute atomic E-state index is 12.8. The van der Waals surface area contributed by atoms with E-state index in [2.05, 4.69) is 9.97 Å². The van der Waals surface area contributed by atoms with Gasteiger partial charge in [-0.15, -0.1) is 11.8 Å². The maximum atomic E-state index is 12.8. The Bertz CT molecular complexity index is 753. The number of hydrogen-bond acceptors (Lipinski definition) is 6. The minimum absolute atomic E-state index is 0.0395. The van der Waals surface area contributed by atoms with E-state index in [1.807, 2.05) is 30.5 Å². The first-order valence-electron chi connectivity index (χ1n) is 8.53. The van der Waals surface area contributed by atoms with E-state index in [1.54, 1.807) is 35.1 Å². The highest BCUT2D eigenvalue weighted by Crippen LogP contribution is 2.24. The third-order valence-electron chi connectivity index (χ3n) is 4.39. The van der Waals surface area contributed by atoms with Crippen molar-refractivity contribution in [2.75, 3.05) is 25.1 Å². The number of ketones is 1. The van der Waals surface area contributed by atoms with Crippen LogP contribution in [0.2, 0.25) is 0 Å². The van der Waals surface area contributed by atoms with Crippen molar-refractivity contribution in [3.8, 4) is 0 Å². The molecule has 5 nitrogen and oxygen atoms in total. The van der Waals surface area contributed by atoms with Crippen LogP contribution in [0.5, 0.6) is 0 Å². The number of likely N-dealkylation sites (tertiary alicyclic amines) is 1. The molecule has 1 aliphatic heterocycles. The second kappa shape index (κ2) is 9.19. The van der Waals surface area contributed by atoms with Gasteiger partial charge in [-0.2, -0.15) is 0 Å². The van der Waals surface area contributed by atoms with Gasteiger partial charge in [0.25, 0.3) is 0 Å². The van der Waals surface area contributed by atoms with Crippen molar-refractivity contribution in [3.63, 3.8) is 0 Å². The first-order valence-corrected chi connectivity index (χ1v) is 10.7. The summed E-state index contributed by atoms with van der Waals surface area (Å²) in [6.45, 7) is 1.21. The van der Waals surface area contributed by atoms with Crippen LogP contribution in [0.25, 0.3) is 0 Å². The van der Waals surface area contributed by atoms with Gasteiger partial charge in [-0.3, -0.25) is 9.59 Å². The van der Waals surface area contributed by atoms with Gasteiger partial charge in [-0.1, -0.05) is 23.9 Å². The van der Waals surface area contributed by atoms with E-state index in [1.165, 1.54) is 11.8 Å². The molecule has 2 aromatic rings. The highest BCUT2D eigenvalue weighted by atomic mass is 32.2. The zero-order valence-corrected chi connectivity index (χ0v) is 16.3. The van der Waals surface area contributed by atoms with Crippen molar-refractivity contribution in [2.24, 2.45) is 5.92 Å². The number of Topliss-reactive ketones (excluding diaryl/α,β-unsaturated/α-hetero) is 1. The van der Waals surface area contributed by atoms with Gasteiger partial charge in [0, 0.05) is 41.9 Å². The van der Waals surface area contributed by atoms with Crippen molar-refractivity contribution in [1.29, 1.82) is 0 Å². The fourth-order valence-corrected chi connectivity index (χ4v) is 4.10. The standard InChI is InChI=1S/C19H21N3O2S2/c1-25-16-7-5-14(6-8-16)18(24)15-4-2-11-22(12-15)17(23)13-26-19-20-9-3-10-21-19/h3,5-10,15H,2,4,11-13H2,1H3/t15-/m0/s1. The molecule has 0 spiro atoms. The molecule has 0 N–H and O–H groups in total. The molecular weight excluding hydrogens is 366 g/mol. The van der Waals surface area contributed by atoms with Crippen molar-refractivity contribution >= 4 is 35.2 Å². The van der Waals surface area contributed by atoms with E-state index < -0.39 is 0 Å². The molecule has 0 unspecified atom stereocenters. The quantitative estimate of drug-likeness (QED) is 0.430. The Morgan fingerprint density at radius 2 is 1.92 bits per heavy atom. The number of amides is 1. The number of benzene rings is 1. The SMILES string of the molecule is CSc1ccc(C(=O)[C@H]2CCCN(C(=O)CSc3ncccn3)C2)cc1. The van der Waals surface area contributed by atoms with Crippen molar-refractivity contribution in [2.45, 2.75) is 22.9 Å².